The molecular weight excluding hydrogens is 405 g/mol. The van der Waals surface area contributed by atoms with Crippen molar-refractivity contribution in [1.29, 1.82) is 0 Å². The number of carbonyl (C=O) groups is 1. The van der Waals surface area contributed by atoms with E-state index in [1.165, 1.54) is 12.1 Å². The second kappa shape index (κ2) is 10.8. The first-order chi connectivity index (χ1) is 15.7. The van der Waals surface area contributed by atoms with Crippen molar-refractivity contribution < 1.29 is 9.18 Å². The number of likely N-dealkylation sites (tertiary alicyclic amines) is 1. The first kappa shape index (κ1) is 21.9. The molecule has 0 bridgehead atoms. The van der Waals surface area contributed by atoms with E-state index in [9.17, 15) is 9.18 Å². The number of rotatable bonds is 7. The Morgan fingerprint density at radius 3 is 2.69 bits per heavy atom. The van der Waals surface area contributed by atoms with Crippen LogP contribution in [0, 0.1) is 5.82 Å². The molecule has 32 heavy (non-hydrogen) atoms. The van der Waals surface area contributed by atoms with Gasteiger partial charge in [0, 0.05) is 68.6 Å². The third kappa shape index (κ3) is 6.11. The number of hydrogen-bond donors (Lipinski definition) is 1. The zero-order valence-corrected chi connectivity index (χ0v) is 18.0. The smallest absolute Gasteiger partial charge is 0.317 e. The molecule has 0 unspecified atom stereocenters. The molecule has 2 aromatic heterocycles. The molecule has 1 aromatic carbocycles. The lowest BCUT2D eigenvalue weighted by Crippen LogP contribution is -2.48. The molecule has 2 amide bonds. The highest BCUT2D eigenvalue weighted by Gasteiger charge is 2.28. The lowest BCUT2D eigenvalue weighted by molar-refractivity contribution is 0.124. The van der Waals surface area contributed by atoms with E-state index < -0.39 is 0 Å². The first-order valence-electron chi connectivity index (χ1n) is 11.0. The zero-order valence-electron chi connectivity index (χ0n) is 18.0. The van der Waals surface area contributed by atoms with Crippen molar-refractivity contribution in [3.63, 3.8) is 0 Å². The monoisotopic (exact) mass is 433 g/mol. The summed E-state index contributed by atoms with van der Waals surface area (Å²) < 4.78 is 13.6. The Bertz CT molecular complexity index is 993. The third-order valence-electron chi connectivity index (χ3n) is 5.82. The fourth-order valence-electron chi connectivity index (χ4n) is 4.09. The van der Waals surface area contributed by atoms with Gasteiger partial charge in [-0.25, -0.2) is 9.18 Å². The molecule has 1 fully saturated rings. The number of benzene rings is 1. The first-order valence-corrected chi connectivity index (χ1v) is 11.0. The minimum atomic E-state index is -0.372. The molecule has 1 saturated heterocycles. The highest BCUT2D eigenvalue weighted by atomic mass is 19.1. The Morgan fingerprint density at radius 2 is 1.97 bits per heavy atom. The van der Waals surface area contributed by atoms with Gasteiger partial charge in [0.15, 0.2) is 0 Å². The summed E-state index contributed by atoms with van der Waals surface area (Å²) >= 11 is 0. The van der Waals surface area contributed by atoms with E-state index >= 15 is 0 Å². The molecule has 6 nitrogen and oxygen atoms in total. The van der Waals surface area contributed by atoms with E-state index in [2.05, 4.69) is 26.3 Å². The summed E-state index contributed by atoms with van der Waals surface area (Å²) in [7, 11) is 0. The Hall–Kier alpha value is -3.32. The van der Waals surface area contributed by atoms with Gasteiger partial charge in [0.1, 0.15) is 5.82 Å². The molecule has 1 N–H and O–H groups in total. The van der Waals surface area contributed by atoms with Crippen LogP contribution in [-0.4, -0.2) is 51.5 Å². The van der Waals surface area contributed by atoms with Gasteiger partial charge in [-0.05, 0) is 54.8 Å². The van der Waals surface area contributed by atoms with E-state index in [1.54, 1.807) is 24.5 Å². The number of hydrogen-bond acceptors (Lipinski definition) is 4. The molecule has 0 aliphatic carbocycles. The number of nitrogens with zero attached hydrogens (tertiary/aromatic N) is 4. The van der Waals surface area contributed by atoms with Crippen LogP contribution in [0.15, 0.2) is 73.2 Å². The number of amides is 2. The van der Waals surface area contributed by atoms with E-state index in [4.69, 9.17) is 0 Å². The lowest BCUT2D eigenvalue weighted by atomic mass is 10.0. The van der Waals surface area contributed by atoms with Crippen LogP contribution in [0.2, 0.25) is 0 Å². The van der Waals surface area contributed by atoms with E-state index in [1.807, 2.05) is 35.4 Å². The molecule has 0 saturated carbocycles. The largest absolute Gasteiger partial charge is 0.322 e. The van der Waals surface area contributed by atoms with Crippen LogP contribution in [0.4, 0.5) is 14.9 Å². The number of urea groups is 1. The van der Waals surface area contributed by atoms with Crippen molar-refractivity contribution >= 4 is 11.7 Å². The van der Waals surface area contributed by atoms with Crippen molar-refractivity contribution in [1.82, 2.24) is 19.8 Å². The van der Waals surface area contributed by atoms with Crippen molar-refractivity contribution in [2.45, 2.75) is 31.8 Å². The summed E-state index contributed by atoms with van der Waals surface area (Å²) in [6, 6.07) is 15.7. The molecule has 0 atom stereocenters. The third-order valence-corrected chi connectivity index (χ3v) is 5.82. The quantitative estimate of drug-likeness (QED) is 0.602. The molecule has 4 rings (SSSR count). The second-order valence-corrected chi connectivity index (χ2v) is 8.07. The molecule has 166 valence electrons. The summed E-state index contributed by atoms with van der Waals surface area (Å²) in [4.78, 5) is 26.0. The fourth-order valence-corrected chi connectivity index (χ4v) is 4.09. The van der Waals surface area contributed by atoms with Crippen LogP contribution in [-0.2, 0) is 13.0 Å². The zero-order chi connectivity index (χ0) is 22.2. The van der Waals surface area contributed by atoms with Crippen LogP contribution < -0.4 is 5.32 Å². The maximum atomic E-state index is 13.6. The van der Waals surface area contributed by atoms with Gasteiger partial charge in [-0.1, -0.05) is 18.2 Å². The number of halogens is 1. The Morgan fingerprint density at radius 1 is 1.09 bits per heavy atom. The second-order valence-electron chi connectivity index (χ2n) is 8.07. The number of aromatic nitrogens is 2. The highest BCUT2D eigenvalue weighted by Crippen LogP contribution is 2.21. The average Bonchev–Trinajstić information content (AvgIpc) is 2.83. The SMILES string of the molecule is O=C(Nc1cccc(F)c1)N(Cc1cccnc1)C1CCN(CCc2ccccn2)CC1. The van der Waals surface area contributed by atoms with Crippen molar-refractivity contribution in [3.8, 4) is 0 Å². The molecule has 0 radical (unpaired) electrons. The minimum Gasteiger partial charge on any atom is -0.317 e. The molecule has 7 heteroatoms. The topological polar surface area (TPSA) is 61.4 Å². The van der Waals surface area contributed by atoms with Gasteiger partial charge in [0.25, 0.3) is 0 Å². The summed E-state index contributed by atoms with van der Waals surface area (Å²) in [6.45, 7) is 3.28. The molecular formula is C25H28FN5O. The van der Waals surface area contributed by atoms with Crippen molar-refractivity contribution in [2.75, 3.05) is 25.0 Å². The van der Waals surface area contributed by atoms with Gasteiger partial charge in [-0.15, -0.1) is 0 Å². The van der Waals surface area contributed by atoms with Gasteiger partial charge in [-0.3, -0.25) is 9.97 Å². The molecule has 1 aliphatic rings. The number of nitrogens with one attached hydrogen (secondary N) is 1. The fraction of sp³-hybridized carbons (Fsp3) is 0.320. The molecule has 3 heterocycles. The van der Waals surface area contributed by atoms with E-state index in [-0.39, 0.29) is 17.9 Å². The standard InChI is InChI=1S/C25H28FN5O/c26-21-6-3-8-23(17-21)29-25(32)31(19-20-5-4-12-27-18-20)24-10-15-30(16-11-24)14-9-22-7-1-2-13-28-22/h1-8,12-13,17-18,24H,9-11,14-16,19H2,(H,29,32). The predicted octanol–water partition coefficient (Wildman–Crippen LogP) is 4.36. The van der Waals surface area contributed by atoms with Crippen LogP contribution in [0.5, 0.6) is 0 Å². The number of pyridine rings is 2. The molecule has 0 spiro atoms. The number of anilines is 1. The summed E-state index contributed by atoms with van der Waals surface area (Å²) in [5, 5.41) is 2.86. The Labute approximate surface area is 188 Å². The summed E-state index contributed by atoms with van der Waals surface area (Å²) in [5.41, 5.74) is 2.53. The van der Waals surface area contributed by atoms with Gasteiger partial charge < -0.3 is 15.1 Å². The normalized spacial score (nSPS) is 14.8. The van der Waals surface area contributed by atoms with Crippen LogP contribution in [0.1, 0.15) is 24.1 Å². The maximum Gasteiger partial charge on any atom is 0.322 e. The molecule has 1 aliphatic heterocycles. The Kier molecular flexibility index (Phi) is 7.40. The number of piperidine rings is 1. The van der Waals surface area contributed by atoms with E-state index in [0.717, 1.165) is 50.2 Å². The summed E-state index contributed by atoms with van der Waals surface area (Å²) in [6.07, 6.45) is 8.03. The van der Waals surface area contributed by atoms with Crippen LogP contribution in [0.25, 0.3) is 0 Å². The average molecular weight is 434 g/mol. The van der Waals surface area contributed by atoms with Gasteiger partial charge in [0.2, 0.25) is 0 Å². The van der Waals surface area contributed by atoms with E-state index in [0.29, 0.717) is 12.2 Å². The molecule has 3 aromatic rings. The van der Waals surface area contributed by atoms with Gasteiger partial charge in [0.05, 0.1) is 0 Å². The predicted molar refractivity (Wildman–Crippen MR) is 123 cm³/mol. The highest BCUT2D eigenvalue weighted by molar-refractivity contribution is 5.89. The number of carbonyl (C=O) groups excluding carboxylic acids is 1. The Balaban J connectivity index is 1.39. The maximum absolute atomic E-state index is 13.6. The van der Waals surface area contributed by atoms with Gasteiger partial charge in [-0.2, -0.15) is 0 Å². The minimum absolute atomic E-state index is 0.106. The van der Waals surface area contributed by atoms with Crippen molar-refractivity contribution in [3.05, 3.63) is 90.3 Å². The summed E-state index contributed by atoms with van der Waals surface area (Å²) in [5.74, 6) is -0.372. The lowest BCUT2D eigenvalue weighted by Gasteiger charge is -2.38. The van der Waals surface area contributed by atoms with Crippen molar-refractivity contribution in [2.24, 2.45) is 0 Å². The van der Waals surface area contributed by atoms with Gasteiger partial charge >= 0.3 is 6.03 Å². The van der Waals surface area contributed by atoms with Crippen LogP contribution >= 0.6 is 0 Å². The van der Waals surface area contributed by atoms with Crippen LogP contribution in [0.3, 0.4) is 0 Å².